The molecule has 11 heteroatoms. The summed E-state index contributed by atoms with van der Waals surface area (Å²) in [4.78, 5) is 19.6. The van der Waals surface area contributed by atoms with Crippen molar-refractivity contribution in [2.24, 2.45) is 0 Å². The van der Waals surface area contributed by atoms with E-state index in [0.29, 0.717) is 25.8 Å². The monoisotopic (exact) mass is 491 g/mol. The first-order valence-electron chi connectivity index (χ1n) is 10.3. The van der Waals surface area contributed by atoms with Crippen molar-refractivity contribution in [3.8, 4) is 0 Å². The lowest BCUT2D eigenvalue weighted by Crippen LogP contribution is -2.54. The first kappa shape index (κ1) is 25.2. The lowest BCUT2D eigenvalue weighted by Gasteiger charge is -2.42. The van der Waals surface area contributed by atoms with Crippen LogP contribution in [0.25, 0.3) is 0 Å². The molecule has 1 aliphatic rings. The third kappa shape index (κ3) is 6.11. The number of alkyl halides is 5. The predicted octanol–water partition coefficient (Wildman–Crippen LogP) is 5.34. The van der Waals surface area contributed by atoms with Gasteiger partial charge in [-0.15, -0.1) is 0 Å². The van der Waals surface area contributed by atoms with Crippen LogP contribution < -0.4 is 4.90 Å². The number of hydrogen-bond acceptors (Lipinski definition) is 5. The molecule has 0 aliphatic carbocycles. The summed E-state index contributed by atoms with van der Waals surface area (Å²) in [5.74, 6) is -0.709. The van der Waals surface area contributed by atoms with E-state index < -0.39 is 40.8 Å². The second-order valence-electron chi connectivity index (χ2n) is 7.60. The Morgan fingerprint density at radius 1 is 1.24 bits per heavy atom. The number of pyridine rings is 1. The highest BCUT2D eigenvalue weighted by Gasteiger charge is 2.40. The van der Waals surface area contributed by atoms with Crippen LogP contribution in [0.15, 0.2) is 36.5 Å². The average molecular weight is 492 g/mol. The maximum Gasteiger partial charge on any atom is 0.418 e. The number of halogens is 6. The molecule has 1 fully saturated rings. The molecule has 2 aromatic rings. The SMILES string of the molecule is CCOC(=O)C[C@H]1CN(Cc2ccccc2)CCN1c1ncc(C(F)(F)F)c(C(F)F)c1Cl. The molecule has 1 saturated heterocycles. The minimum absolute atomic E-state index is 0.0951. The van der Waals surface area contributed by atoms with E-state index in [1.807, 2.05) is 30.3 Å². The Bertz CT molecular complexity index is 959. The highest BCUT2D eigenvalue weighted by atomic mass is 35.5. The second-order valence-corrected chi connectivity index (χ2v) is 7.98. The van der Waals surface area contributed by atoms with Crippen molar-refractivity contribution in [2.75, 3.05) is 31.1 Å². The van der Waals surface area contributed by atoms with Crippen LogP contribution in [0, 0.1) is 0 Å². The Morgan fingerprint density at radius 3 is 2.55 bits per heavy atom. The van der Waals surface area contributed by atoms with Gasteiger partial charge in [0.25, 0.3) is 6.43 Å². The lowest BCUT2D eigenvalue weighted by atomic mass is 10.1. The zero-order valence-electron chi connectivity index (χ0n) is 17.8. The number of carbonyl (C=O) groups excluding carboxylic acids is 1. The maximum atomic E-state index is 13.6. The van der Waals surface area contributed by atoms with Crippen LogP contribution in [0.4, 0.5) is 27.8 Å². The van der Waals surface area contributed by atoms with Gasteiger partial charge in [-0.1, -0.05) is 41.9 Å². The molecule has 0 spiro atoms. The number of aromatic nitrogens is 1. The fourth-order valence-electron chi connectivity index (χ4n) is 3.90. The standard InChI is InChI=1S/C22H23ClF5N3O2/c1-2-33-17(32)10-15-13-30(12-14-6-4-3-5-7-14)8-9-31(15)21-19(23)18(20(24)25)16(11-29-21)22(26,27)28/h3-7,11,15,20H,2,8-10,12-13H2,1H3/t15-/m0/s1. The highest BCUT2D eigenvalue weighted by molar-refractivity contribution is 6.34. The fraction of sp³-hybridized carbons (Fsp3) is 0.455. The Labute approximate surface area is 193 Å². The van der Waals surface area contributed by atoms with Gasteiger partial charge in [0.1, 0.15) is 5.82 Å². The van der Waals surface area contributed by atoms with Crippen molar-refractivity contribution < 1.29 is 31.5 Å². The molecular weight excluding hydrogens is 469 g/mol. The fourth-order valence-corrected chi connectivity index (χ4v) is 4.24. The summed E-state index contributed by atoms with van der Waals surface area (Å²) in [5, 5.41) is -0.759. The van der Waals surface area contributed by atoms with Gasteiger partial charge in [-0.25, -0.2) is 13.8 Å². The van der Waals surface area contributed by atoms with Gasteiger partial charge in [-0.3, -0.25) is 9.69 Å². The van der Waals surface area contributed by atoms with Crippen molar-refractivity contribution in [3.05, 3.63) is 58.2 Å². The summed E-state index contributed by atoms with van der Waals surface area (Å²) in [6.07, 6.45) is -8.19. The number of carbonyl (C=O) groups is 1. The molecule has 3 rings (SSSR count). The number of rotatable bonds is 7. The third-order valence-corrected chi connectivity index (χ3v) is 5.73. The molecular formula is C22H23ClF5N3O2. The van der Waals surface area contributed by atoms with Crippen LogP contribution in [-0.4, -0.2) is 48.1 Å². The molecule has 1 atom stereocenters. The zero-order chi connectivity index (χ0) is 24.2. The van der Waals surface area contributed by atoms with Gasteiger partial charge < -0.3 is 9.64 Å². The summed E-state index contributed by atoms with van der Waals surface area (Å²) >= 11 is 6.06. The molecule has 0 radical (unpaired) electrons. The van der Waals surface area contributed by atoms with E-state index in [1.165, 1.54) is 4.90 Å². The van der Waals surface area contributed by atoms with Gasteiger partial charge in [0.2, 0.25) is 0 Å². The summed E-state index contributed by atoms with van der Waals surface area (Å²) in [6.45, 7) is 3.45. The van der Waals surface area contributed by atoms with E-state index in [4.69, 9.17) is 16.3 Å². The normalized spacial score (nSPS) is 17.5. The molecule has 0 amide bonds. The Balaban J connectivity index is 1.92. The Morgan fingerprint density at radius 2 is 1.94 bits per heavy atom. The van der Waals surface area contributed by atoms with Crippen LogP contribution in [0.1, 0.15) is 36.5 Å². The van der Waals surface area contributed by atoms with Crippen LogP contribution in [0.5, 0.6) is 0 Å². The molecule has 0 N–H and O–H groups in total. The minimum Gasteiger partial charge on any atom is -0.466 e. The first-order chi connectivity index (χ1) is 15.6. The predicted molar refractivity (Wildman–Crippen MR) is 113 cm³/mol. The molecule has 1 aromatic carbocycles. The Kier molecular flexibility index (Phi) is 8.12. The third-order valence-electron chi connectivity index (χ3n) is 5.36. The van der Waals surface area contributed by atoms with Crippen molar-refractivity contribution >= 4 is 23.4 Å². The van der Waals surface area contributed by atoms with E-state index in [-0.39, 0.29) is 25.4 Å². The summed E-state index contributed by atoms with van der Waals surface area (Å²) < 4.78 is 71.9. The van der Waals surface area contributed by atoms with Crippen molar-refractivity contribution in [1.29, 1.82) is 0 Å². The summed E-state index contributed by atoms with van der Waals surface area (Å²) in [6, 6.07) is 9.03. The smallest absolute Gasteiger partial charge is 0.418 e. The van der Waals surface area contributed by atoms with Crippen LogP contribution in [0.3, 0.4) is 0 Å². The molecule has 2 heterocycles. The molecule has 1 aliphatic heterocycles. The minimum atomic E-state index is -5.03. The summed E-state index contributed by atoms with van der Waals surface area (Å²) in [5.41, 5.74) is -1.84. The molecule has 0 unspecified atom stereocenters. The lowest BCUT2D eigenvalue weighted by molar-refractivity contribution is -0.143. The van der Waals surface area contributed by atoms with E-state index in [1.54, 1.807) is 6.92 Å². The Hall–Kier alpha value is -2.46. The highest BCUT2D eigenvalue weighted by Crippen LogP contribution is 2.43. The van der Waals surface area contributed by atoms with E-state index in [2.05, 4.69) is 9.88 Å². The second kappa shape index (κ2) is 10.6. The zero-order valence-corrected chi connectivity index (χ0v) is 18.5. The number of nitrogens with zero attached hydrogens (tertiary/aromatic N) is 3. The topological polar surface area (TPSA) is 45.7 Å². The van der Waals surface area contributed by atoms with E-state index >= 15 is 0 Å². The largest absolute Gasteiger partial charge is 0.466 e. The van der Waals surface area contributed by atoms with Crippen molar-refractivity contribution in [2.45, 2.75) is 38.5 Å². The van der Waals surface area contributed by atoms with Crippen LogP contribution >= 0.6 is 11.6 Å². The molecule has 0 saturated carbocycles. The molecule has 0 bridgehead atoms. The van der Waals surface area contributed by atoms with Gasteiger partial charge >= 0.3 is 12.1 Å². The molecule has 180 valence electrons. The van der Waals surface area contributed by atoms with Crippen molar-refractivity contribution in [3.63, 3.8) is 0 Å². The van der Waals surface area contributed by atoms with Gasteiger partial charge in [-0.05, 0) is 12.5 Å². The molecule has 33 heavy (non-hydrogen) atoms. The quantitative estimate of drug-likeness (QED) is 0.387. The number of benzene rings is 1. The first-order valence-corrected chi connectivity index (χ1v) is 10.7. The van der Waals surface area contributed by atoms with Crippen LogP contribution in [0.2, 0.25) is 5.02 Å². The van der Waals surface area contributed by atoms with Gasteiger partial charge in [0.15, 0.2) is 0 Å². The van der Waals surface area contributed by atoms with Gasteiger partial charge in [0, 0.05) is 32.4 Å². The molecule has 1 aromatic heterocycles. The van der Waals surface area contributed by atoms with Crippen LogP contribution in [-0.2, 0) is 22.3 Å². The number of piperazine rings is 1. The van der Waals surface area contributed by atoms with E-state index in [0.717, 1.165) is 5.56 Å². The number of anilines is 1. The average Bonchev–Trinajstić information content (AvgIpc) is 2.74. The number of ether oxygens (including phenoxy) is 1. The number of hydrogen-bond donors (Lipinski definition) is 0. The van der Waals surface area contributed by atoms with E-state index in [9.17, 15) is 26.7 Å². The maximum absolute atomic E-state index is 13.6. The van der Waals surface area contributed by atoms with Crippen molar-refractivity contribution in [1.82, 2.24) is 9.88 Å². The van der Waals surface area contributed by atoms with Gasteiger partial charge in [0.05, 0.1) is 35.2 Å². The molecule has 5 nitrogen and oxygen atoms in total. The number of esters is 1. The summed E-state index contributed by atoms with van der Waals surface area (Å²) in [7, 11) is 0. The van der Waals surface area contributed by atoms with Gasteiger partial charge in [-0.2, -0.15) is 13.2 Å².